The van der Waals surface area contributed by atoms with E-state index < -0.39 is 0 Å². The Kier molecular flexibility index (Phi) is 2.97. The van der Waals surface area contributed by atoms with Crippen molar-refractivity contribution in [3.8, 4) is 0 Å². The SMILES string of the molecule is Brc1cccc2c1C=CC2C1C=Cc2c(Br)cccc21. The maximum atomic E-state index is 3.65. The van der Waals surface area contributed by atoms with Crippen LogP contribution < -0.4 is 0 Å². The van der Waals surface area contributed by atoms with Crippen LogP contribution in [0.15, 0.2) is 57.5 Å². The summed E-state index contributed by atoms with van der Waals surface area (Å²) in [6.45, 7) is 0. The predicted molar refractivity (Wildman–Crippen MR) is 91.8 cm³/mol. The summed E-state index contributed by atoms with van der Waals surface area (Å²) >= 11 is 7.30. The molecule has 98 valence electrons. The first-order valence-electron chi connectivity index (χ1n) is 6.69. The molecule has 0 N–H and O–H groups in total. The van der Waals surface area contributed by atoms with Crippen molar-refractivity contribution in [2.75, 3.05) is 0 Å². The van der Waals surface area contributed by atoms with Crippen molar-refractivity contribution in [1.82, 2.24) is 0 Å². The lowest BCUT2D eigenvalue weighted by Crippen LogP contribution is -2.04. The minimum Gasteiger partial charge on any atom is -0.0754 e. The zero-order valence-corrected chi connectivity index (χ0v) is 13.9. The van der Waals surface area contributed by atoms with Crippen molar-refractivity contribution < 1.29 is 0 Å². The maximum Gasteiger partial charge on any atom is 0.0250 e. The zero-order chi connectivity index (χ0) is 13.7. The Labute approximate surface area is 135 Å². The fourth-order valence-electron chi connectivity index (χ4n) is 3.27. The molecule has 0 aliphatic heterocycles. The van der Waals surface area contributed by atoms with Gasteiger partial charge in [-0.1, -0.05) is 80.4 Å². The van der Waals surface area contributed by atoms with Crippen LogP contribution in [0.4, 0.5) is 0 Å². The van der Waals surface area contributed by atoms with Gasteiger partial charge in [-0.25, -0.2) is 0 Å². The van der Waals surface area contributed by atoms with Gasteiger partial charge in [0.15, 0.2) is 0 Å². The summed E-state index contributed by atoms with van der Waals surface area (Å²) in [5.41, 5.74) is 5.49. The summed E-state index contributed by atoms with van der Waals surface area (Å²) in [5.74, 6) is 0.878. The topological polar surface area (TPSA) is 0 Å². The number of rotatable bonds is 1. The third kappa shape index (κ3) is 1.78. The molecular formula is C18H12Br2. The van der Waals surface area contributed by atoms with Crippen LogP contribution in [0.2, 0.25) is 0 Å². The molecule has 0 saturated carbocycles. The second kappa shape index (κ2) is 4.71. The standard InChI is InChI=1S/C18H12Br2/c19-17-5-1-3-11-13(7-9-15(11)17)14-8-10-16-12(14)4-2-6-18(16)20/h1-10,13-14H. The van der Waals surface area contributed by atoms with Crippen molar-refractivity contribution in [3.05, 3.63) is 79.7 Å². The van der Waals surface area contributed by atoms with E-state index in [2.05, 4.69) is 92.6 Å². The molecule has 0 aromatic heterocycles. The van der Waals surface area contributed by atoms with Crippen LogP contribution in [-0.2, 0) is 0 Å². The van der Waals surface area contributed by atoms with Gasteiger partial charge in [-0.2, -0.15) is 0 Å². The maximum absolute atomic E-state index is 3.65. The van der Waals surface area contributed by atoms with Crippen LogP contribution >= 0.6 is 31.9 Å². The molecule has 20 heavy (non-hydrogen) atoms. The van der Waals surface area contributed by atoms with Crippen molar-refractivity contribution in [3.63, 3.8) is 0 Å². The molecule has 2 aliphatic rings. The van der Waals surface area contributed by atoms with Gasteiger partial charge in [0, 0.05) is 20.8 Å². The van der Waals surface area contributed by atoms with Crippen LogP contribution in [-0.4, -0.2) is 0 Å². The van der Waals surface area contributed by atoms with Crippen LogP contribution in [0.1, 0.15) is 34.1 Å². The summed E-state index contributed by atoms with van der Waals surface area (Å²) in [4.78, 5) is 0. The Bertz CT molecular complexity index is 691. The second-order valence-corrected chi connectivity index (χ2v) is 6.96. The highest BCUT2D eigenvalue weighted by atomic mass is 79.9. The first-order valence-corrected chi connectivity index (χ1v) is 8.27. The summed E-state index contributed by atoms with van der Waals surface area (Å²) in [7, 11) is 0. The van der Waals surface area contributed by atoms with E-state index in [1.165, 1.54) is 31.2 Å². The molecule has 2 unspecified atom stereocenters. The van der Waals surface area contributed by atoms with E-state index >= 15 is 0 Å². The zero-order valence-electron chi connectivity index (χ0n) is 10.7. The normalized spacial score (nSPS) is 22.1. The fraction of sp³-hybridized carbons (Fsp3) is 0.111. The van der Waals surface area contributed by atoms with Crippen LogP contribution in [0.5, 0.6) is 0 Å². The van der Waals surface area contributed by atoms with Gasteiger partial charge in [-0.3, -0.25) is 0 Å². The predicted octanol–water partition coefficient (Wildman–Crippen LogP) is 6.13. The van der Waals surface area contributed by atoms with E-state index in [9.17, 15) is 0 Å². The van der Waals surface area contributed by atoms with Crippen LogP contribution in [0.25, 0.3) is 12.2 Å². The third-order valence-electron chi connectivity index (χ3n) is 4.22. The lowest BCUT2D eigenvalue weighted by molar-refractivity contribution is 0.758. The highest BCUT2D eigenvalue weighted by Crippen LogP contribution is 2.47. The van der Waals surface area contributed by atoms with E-state index in [-0.39, 0.29) is 0 Å². The number of benzene rings is 2. The fourth-order valence-corrected chi connectivity index (χ4v) is 4.30. The Morgan fingerprint density at radius 3 is 1.55 bits per heavy atom. The molecule has 0 spiro atoms. The molecule has 0 fully saturated rings. The Morgan fingerprint density at radius 1 is 0.650 bits per heavy atom. The summed E-state index contributed by atoms with van der Waals surface area (Å²) in [6.07, 6.45) is 9.16. The number of halogens is 2. The number of hydrogen-bond donors (Lipinski definition) is 0. The van der Waals surface area contributed by atoms with Gasteiger partial charge in [0.2, 0.25) is 0 Å². The van der Waals surface area contributed by atoms with E-state index in [1.54, 1.807) is 0 Å². The minimum absolute atomic E-state index is 0.439. The smallest absolute Gasteiger partial charge is 0.0250 e. The molecule has 4 rings (SSSR count). The number of fused-ring (bicyclic) bond motifs is 2. The number of hydrogen-bond acceptors (Lipinski definition) is 0. The Balaban J connectivity index is 1.81. The van der Waals surface area contributed by atoms with E-state index in [4.69, 9.17) is 0 Å². The largest absolute Gasteiger partial charge is 0.0754 e. The molecule has 0 nitrogen and oxygen atoms in total. The molecule has 2 aromatic rings. The first kappa shape index (κ1) is 12.6. The van der Waals surface area contributed by atoms with Crippen LogP contribution in [0.3, 0.4) is 0 Å². The Morgan fingerprint density at radius 2 is 1.10 bits per heavy atom. The average Bonchev–Trinajstić information content (AvgIpc) is 3.03. The average molecular weight is 388 g/mol. The molecule has 0 amide bonds. The van der Waals surface area contributed by atoms with E-state index in [1.807, 2.05) is 0 Å². The lowest BCUT2D eigenvalue weighted by atomic mass is 9.84. The molecule has 2 aromatic carbocycles. The molecule has 0 bridgehead atoms. The summed E-state index contributed by atoms with van der Waals surface area (Å²) < 4.78 is 2.37. The minimum atomic E-state index is 0.439. The summed E-state index contributed by atoms with van der Waals surface area (Å²) in [6, 6.07) is 13.0. The first-order chi connectivity index (χ1) is 9.75. The van der Waals surface area contributed by atoms with Crippen molar-refractivity contribution in [2.45, 2.75) is 11.8 Å². The highest BCUT2D eigenvalue weighted by Gasteiger charge is 2.30. The van der Waals surface area contributed by atoms with Gasteiger partial charge in [0.25, 0.3) is 0 Å². The molecule has 0 radical (unpaired) electrons. The van der Waals surface area contributed by atoms with Gasteiger partial charge < -0.3 is 0 Å². The van der Waals surface area contributed by atoms with Gasteiger partial charge in [0.05, 0.1) is 0 Å². The Hall–Kier alpha value is -1.12. The molecule has 2 atom stereocenters. The quantitative estimate of drug-likeness (QED) is 0.551. The highest BCUT2D eigenvalue weighted by molar-refractivity contribution is 9.10. The monoisotopic (exact) mass is 386 g/mol. The van der Waals surface area contributed by atoms with E-state index in [0.29, 0.717) is 11.8 Å². The van der Waals surface area contributed by atoms with Crippen LogP contribution in [0, 0.1) is 0 Å². The molecular weight excluding hydrogens is 376 g/mol. The molecule has 2 heteroatoms. The van der Waals surface area contributed by atoms with Gasteiger partial charge in [-0.15, -0.1) is 0 Å². The second-order valence-electron chi connectivity index (χ2n) is 5.26. The number of allylic oxidation sites excluding steroid dienone is 2. The van der Waals surface area contributed by atoms with Gasteiger partial charge in [-0.05, 0) is 34.4 Å². The summed E-state index contributed by atoms with van der Waals surface area (Å²) in [5, 5.41) is 0. The molecule has 0 saturated heterocycles. The van der Waals surface area contributed by atoms with Crippen molar-refractivity contribution >= 4 is 44.0 Å². The third-order valence-corrected chi connectivity index (χ3v) is 5.60. The van der Waals surface area contributed by atoms with Gasteiger partial charge >= 0.3 is 0 Å². The van der Waals surface area contributed by atoms with E-state index in [0.717, 1.165) is 0 Å². The van der Waals surface area contributed by atoms with Crippen molar-refractivity contribution in [1.29, 1.82) is 0 Å². The lowest BCUT2D eigenvalue weighted by Gasteiger charge is -2.19. The van der Waals surface area contributed by atoms with Crippen molar-refractivity contribution in [2.24, 2.45) is 0 Å². The van der Waals surface area contributed by atoms with Gasteiger partial charge in [0.1, 0.15) is 0 Å². The molecule has 2 aliphatic carbocycles. The molecule has 0 heterocycles.